The van der Waals surface area contributed by atoms with Crippen molar-refractivity contribution in [3.05, 3.63) is 41.2 Å². The van der Waals surface area contributed by atoms with Gasteiger partial charge in [-0.2, -0.15) is 18.4 Å². The van der Waals surface area contributed by atoms with Crippen molar-refractivity contribution in [1.29, 1.82) is 5.26 Å². The fourth-order valence-electron chi connectivity index (χ4n) is 1.98. The summed E-state index contributed by atoms with van der Waals surface area (Å²) in [5, 5.41) is 16.6. The first-order valence-electron chi connectivity index (χ1n) is 6.49. The molecule has 0 spiro atoms. The van der Waals surface area contributed by atoms with Gasteiger partial charge >= 0.3 is 6.18 Å². The minimum atomic E-state index is -4.42. The number of unbranched alkanes of at least 4 members (excludes halogenated alkanes) is 1. The Bertz CT molecular complexity index is 668. The Morgan fingerprint density at radius 1 is 1.33 bits per heavy atom. The molecule has 1 aromatic carbocycles. The van der Waals surface area contributed by atoms with E-state index in [4.69, 9.17) is 5.26 Å². The van der Waals surface area contributed by atoms with Gasteiger partial charge in [0, 0.05) is 0 Å². The molecule has 21 heavy (non-hydrogen) atoms. The van der Waals surface area contributed by atoms with Gasteiger partial charge in [0.15, 0.2) is 5.69 Å². The average molecular weight is 294 g/mol. The van der Waals surface area contributed by atoms with Crippen molar-refractivity contribution in [2.24, 2.45) is 0 Å². The Morgan fingerprint density at radius 2 is 2.10 bits per heavy atom. The number of halogens is 3. The van der Waals surface area contributed by atoms with Crippen LogP contribution in [-0.2, 0) is 12.6 Å². The molecule has 0 amide bonds. The lowest BCUT2D eigenvalue weighted by molar-refractivity contribution is -0.137. The predicted octanol–water partition coefficient (Wildman–Crippen LogP) is 3.50. The first-order valence-corrected chi connectivity index (χ1v) is 6.49. The predicted molar refractivity (Wildman–Crippen MR) is 69.7 cm³/mol. The molecule has 0 aliphatic rings. The molecule has 0 radical (unpaired) electrons. The van der Waals surface area contributed by atoms with E-state index >= 15 is 0 Å². The molecule has 4 nitrogen and oxygen atoms in total. The SMILES string of the molecule is CCCCc1c(C#N)nnn1-c1cccc(C(F)(F)F)c1. The van der Waals surface area contributed by atoms with Gasteiger partial charge in [0.25, 0.3) is 0 Å². The zero-order chi connectivity index (χ0) is 15.5. The quantitative estimate of drug-likeness (QED) is 0.867. The highest BCUT2D eigenvalue weighted by atomic mass is 19.4. The van der Waals surface area contributed by atoms with Crippen LogP contribution >= 0.6 is 0 Å². The lowest BCUT2D eigenvalue weighted by atomic mass is 10.1. The molecular formula is C14H13F3N4. The molecule has 1 aromatic heterocycles. The van der Waals surface area contributed by atoms with Crippen LogP contribution in [-0.4, -0.2) is 15.0 Å². The normalized spacial score (nSPS) is 11.4. The number of aromatic nitrogens is 3. The van der Waals surface area contributed by atoms with E-state index in [0.29, 0.717) is 12.1 Å². The van der Waals surface area contributed by atoms with Gasteiger partial charge in [0.05, 0.1) is 16.9 Å². The van der Waals surface area contributed by atoms with Gasteiger partial charge in [0.1, 0.15) is 6.07 Å². The van der Waals surface area contributed by atoms with Crippen LogP contribution in [0.15, 0.2) is 24.3 Å². The first kappa shape index (κ1) is 15.0. The molecule has 7 heteroatoms. The Morgan fingerprint density at radius 3 is 2.71 bits per heavy atom. The molecule has 0 aliphatic heterocycles. The molecule has 0 N–H and O–H groups in total. The summed E-state index contributed by atoms with van der Waals surface area (Å²) in [5.74, 6) is 0. The van der Waals surface area contributed by atoms with Crippen molar-refractivity contribution in [2.45, 2.75) is 32.4 Å². The minimum Gasteiger partial charge on any atom is -0.216 e. The van der Waals surface area contributed by atoms with E-state index in [2.05, 4.69) is 10.3 Å². The summed E-state index contributed by atoms with van der Waals surface area (Å²) in [7, 11) is 0. The van der Waals surface area contributed by atoms with Crippen molar-refractivity contribution in [1.82, 2.24) is 15.0 Å². The first-order chi connectivity index (χ1) is 9.97. The van der Waals surface area contributed by atoms with Gasteiger partial charge in [-0.1, -0.05) is 24.6 Å². The van der Waals surface area contributed by atoms with Crippen LogP contribution in [0.25, 0.3) is 5.69 Å². The molecule has 110 valence electrons. The molecule has 0 atom stereocenters. The van der Waals surface area contributed by atoms with E-state index in [9.17, 15) is 13.2 Å². The summed E-state index contributed by atoms with van der Waals surface area (Å²) in [6.45, 7) is 1.99. The number of rotatable bonds is 4. The maximum absolute atomic E-state index is 12.8. The van der Waals surface area contributed by atoms with Crippen molar-refractivity contribution in [3.63, 3.8) is 0 Å². The van der Waals surface area contributed by atoms with Gasteiger partial charge in [-0.05, 0) is 31.0 Å². The van der Waals surface area contributed by atoms with E-state index in [1.54, 1.807) is 0 Å². The summed E-state index contributed by atoms with van der Waals surface area (Å²) >= 11 is 0. The Balaban J connectivity index is 2.47. The number of nitrogens with zero attached hydrogens (tertiary/aromatic N) is 4. The highest BCUT2D eigenvalue weighted by Gasteiger charge is 2.30. The topological polar surface area (TPSA) is 54.5 Å². The maximum atomic E-state index is 12.8. The summed E-state index contributed by atoms with van der Waals surface area (Å²) in [6, 6.07) is 6.75. The molecular weight excluding hydrogens is 281 g/mol. The van der Waals surface area contributed by atoms with Gasteiger partial charge in [-0.3, -0.25) is 0 Å². The fourth-order valence-corrected chi connectivity index (χ4v) is 1.98. The second-order valence-corrected chi connectivity index (χ2v) is 4.56. The number of alkyl halides is 3. The number of benzene rings is 1. The summed E-state index contributed by atoms with van der Waals surface area (Å²) in [4.78, 5) is 0. The highest BCUT2D eigenvalue weighted by molar-refractivity contribution is 5.40. The Hall–Kier alpha value is -2.36. The van der Waals surface area contributed by atoms with Crippen LogP contribution in [0, 0.1) is 11.3 Å². The van der Waals surface area contributed by atoms with Crippen molar-refractivity contribution in [2.75, 3.05) is 0 Å². The fraction of sp³-hybridized carbons (Fsp3) is 0.357. The van der Waals surface area contributed by atoms with E-state index in [1.165, 1.54) is 16.8 Å². The van der Waals surface area contributed by atoms with Crippen LogP contribution in [0.1, 0.15) is 36.7 Å². The zero-order valence-corrected chi connectivity index (χ0v) is 11.4. The Kier molecular flexibility index (Phi) is 4.26. The third-order valence-electron chi connectivity index (χ3n) is 3.05. The van der Waals surface area contributed by atoms with Crippen LogP contribution in [0.3, 0.4) is 0 Å². The zero-order valence-electron chi connectivity index (χ0n) is 11.4. The smallest absolute Gasteiger partial charge is 0.216 e. The maximum Gasteiger partial charge on any atom is 0.416 e. The van der Waals surface area contributed by atoms with E-state index in [1.807, 2.05) is 13.0 Å². The molecule has 1 heterocycles. The molecule has 0 fully saturated rings. The molecule has 0 saturated carbocycles. The van der Waals surface area contributed by atoms with Crippen LogP contribution in [0.4, 0.5) is 13.2 Å². The lowest BCUT2D eigenvalue weighted by Crippen LogP contribution is -2.08. The third kappa shape index (κ3) is 3.21. The van der Waals surface area contributed by atoms with Crippen LogP contribution < -0.4 is 0 Å². The largest absolute Gasteiger partial charge is 0.416 e. The summed E-state index contributed by atoms with van der Waals surface area (Å²) < 4.78 is 39.6. The summed E-state index contributed by atoms with van der Waals surface area (Å²) in [6.07, 6.45) is -2.17. The highest BCUT2D eigenvalue weighted by Crippen LogP contribution is 2.30. The van der Waals surface area contributed by atoms with Gasteiger partial charge in [0.2, 0.25) is 0 Å². The van der Waals surface area contributed by atoms with Gasteiger partial charge in [-0.25, -0.2) is 4.68 Å². The lowest BCUT2D eigenvalue weighted by Gasteiger charge is -2.10. The second-order valence-electron chi connectivity index (χ2n) is 4.56. The number of nitriles is 1. The van der Waals surface area contributed by atoms with Crippen LogP contribution in [0.5, 0.6) is 0 Å². The van der Waals surface area contributed by atoms with Crippen molar-refractivity contribution < 1.29 is 13.2 Å². The molecule has 0 unspecified atom stereocenters. The minimum absolute atomic E-state index is 0.154. The molecule has 0 aliphatic carbocycles. The van der Waals surface area contributed by atoms with Gasteiger partial charge < -0.3 is 0 Å². The van der Waals surface area contributed by atoms with E-state index in [-0.39, 0.29) is 11.4 Å². The molecule has 0 bridgehead atoms. The average Bonchev–Trinajstić information content (AvgIpc) is 2.87. The van der Waals surface area contributed by atoms with Crippen molar-refractivity contribution >= 4 is 0 Å². The standard InChI is InChI=1S/C14H13F3N4/c1-2-3-7-13-12(9-18)19-20-21(13)11-6-4-5-10(8-11)14(15,16)17/h4-6,8H,2-3,7H2,1H3. The van der Waals surface area contributed by atoms with Crippen LogP contribution in [0.2, 0.25) is 0 Å². The molecule has 0 saturated heterocycles. The number of hydrogen-bond donors (Lipinski definition) is 0. The van der Waals surface area contributed by atoms with Crippen molar-refractivity contribution in [3.8, 4) is 11.8 Å². The molecule has 2 rings (SSSR count). The molecule has 2 aromatic rings. The van der Waals surface area contributed by atoms with Gasteiger partial charge in [-0.15, -0.1) is 5.10 Å². The van der Waals surface area contributed by atoms with E-state index < -0.39 is 11.7 Å². The third-order valence-corrected chi connectivity index (χ3v) is 3.05. The van der Waals surface area contributed by atoms with E-state index in [0.717, 1.165) is 25.0 Å². The Labute approximate surface area is 119 Å². The summed E-state index contributed by atoms with van der Waals surface area (Å²) in [5.41, 5.74) is 0.194. The number of hydrogen-bond acceptors (Lipinski definition) is 3. The second kappa shape index (κ2) is 5.95. The monoisotopic (exact) mass is 294 g/mol.